The monoisotopic (exact) mass is 314 g/mol. The van der Waals surface area contributed by atoms with Crippen LogP contribution in [0.5, 0.6) is 0 Å². The van der Waals surface area contributed by atoms with E-state index in [4.69, 9.17) is 4.74 Å². The Morgan fingerprint density at radius 3 is 2.57 bits per heavy atom. The topological polar surface area (TPSA) is 90.1 Å². The van der Waals surface area contributed by atoms with Crippen LogP contribution in [0.4, 0.5) is 0 Å². The van der Waals surface area contributed by atoms with Crippen molar-refractivity contribution in [2.45, 2.75) is 52.7 Å². The van der Waals surface area contributed by atoms with E-state index in [2.05, 4.69) is 35.2 Å². The molecule has 0 bridgehead atoms. The van der Waals surface area contributed by atoms with Gasteiger partial charge in [-0.25, -0.2) is 4.68 Å². The quantitative estimate of drug-likeness (QED) is 0.553. The van der Waals surface area contributed by atoms with Crippen LogP contribution < -0.4 is 0 Å². The van der Waals surface area contributed by atoms with Crippen molar-refractivity contribution < 1.29 is 14.6 Å². The number of aromatic nitrogens is 4. The van der Waals surface area contributed by atoms with E-state index in [-0.39, 0.29) is 12.6 Å². The van der Waals surface area contributed by atoms with Crippen molar-refractivity contribution in [3.05, 3.63) is 5.82 Å². The average molecular weight is 314 g/mol. The number of carboxylic acid groups (broad SMARTS) is 1. The Balaban J connectivity index is 2.55. The maximum Gasteiger partial charge on any atom is 0.307 e. The van der Waals surface area contributed by atoms with Crippen LogP contribution in [-0.4, -0.2) is 46.0 Å². The highest BCUT2D eigenvalue weighted by Crippen LogP contribution is 2.16. The van der Waals surface area contributed by atoms with E-state index >= 15 is 0 Å². The zero-order chi connectivity index (χ0) is 16.0. The Morgan fingerprint density at radius 1 is 1.38 bits per heavy atom. The van der Waals surface area contributed by atoms with Gasteiger partial charge < -0.3 is 9.84 Å². The van der Waals surface area contributed by atoms with Crippen LogP contribution in [0.15, 0.2) is 0 Å². The van der Waals surface area contributed by atoms with Gasteiger partial charge in [0, 0.05) is 21.1 Å². The van der Waals surface area contributed by atoms with Crippen LogP contribution in [-0.2, 0) is 22.7 Å². The molecule has 0 radical (unpaired) electrons. The van der Waals surface area contributed by atoms with Crippen LogP contribution >= 0.6 is 0 Å². The standard InChI is InChI=1S/C13H26N4O3Si/c1-10(2)11(13(18)19)8-12-14-15-16-17(12)9-20-6-7-21(3,4)5/h10-11H,6-9H2,1-5H3,(H,18,19)/t11-/m1/s1. The third kappa shape index (κ3) is 6.34. The molecule has 0 spiro atoms. The average Bonchev–Trinajstić information content (AvgIpc) is 2.77. The second-order valence-electron chi connectivity index (χ2n) is 6.84. The summed E-state index contributed by atoms with van der Waals surface area (Å²) in [7, 11) is -1.11. The Hall–Kier alpha value is -1.28. The van der Waals surface area contributed by atoms with E-state index in [1.807, 2.05) is 13.8 Å². The minimum Gasteiger partial charge on any atom is -0.481 e. The highest BCUT2D eigenvalue weighted by atomic mass is 28.3. The molecular weight excluding hydrogens is 288 g/mol. The summed E-state index contributed by atoms with van der Waals surface area (Å²) < 4.78 is 7.15. The van der Waals surface area contributed by atoms with Gasteiger partial charge in [-0.3, -0.25) is 4.79 Å². The summed E-state index contributed by atoms with van der Waals surface area (Å²) >= 11 is 0. The smallest absolute Gasteiger partial charge is 0.307 e. The second-order valence-corrected chi connectivity index (χ2v) is 12.5. The molecule has 7 nitrogen and oxygen atoms in total. The van der Waals surface area contributed by atoms with Crippen LogP contribution in [0.2, 0.25) is 25.7 Å². The van der Waals surface area contributed by atoms with Crippen molar-refractivity contribution in [3.8, 4) is 0 Å². The summed E-state index contributed by atoms with van der Waals surface area (Å²) in [6, 6.07) is 1.08. The van der Waals surface area contributed by atoms with Crippen molar-refractivity contribution in [2.24, 2.45) is 11.8 Å². The number of aliphatic carboxylic acids is 1. The third-order valence-electron chi connectivity index (χ3n) is 3.34. The first-order chi connectivity index (χ1) is 9.70. The number of carbonyl (C=O) groups is 1. The molecule has 1 rings (SSSR count). The number of carboxylic acids is 1. The first kappa shape index (κ1) is 17.8. The number of hydrogen-bond donors (Lipinski definition) is 1. The predicted octanol–water partition coefficient (Wildman–Crippen LogP) is 1.88. The highest BCUT2D eigenvalue weighted by molar-refractivity contribution is 6.76. The zero-order valence-electron chi connectivity index (χ0n) is 13.5. The molecule has 1 N–H and O–H groups in total. The Labute approximate surface area is 126 Å². The molecule has 1 atom stereocenters. The Morgan fingerprint density at radius 2 is 2.05 bits per heavy atom. The van der Waals surface area contributed by atoms with Gasteiger partial charge in [-0.05, 0) is 22.4 Å². The van der Waals surface area contributed by atoms with Crippen molar-refractivity contribution >= 4 is 14.0 Å². The van der Waals surface area contributed by atoms with Gasteiger partial charge in [0.15, 0.2) is 5.82 Å². The first-order valence-electron chi connectivity index (χ1n) is 7.26. The molecule has 0 saturated heterocycles. The minimum absolute atomic E-state index is 0.0282. The Kier molecular flexibility index (Phi) is 6.47. The van der Waals surface area contributed by atoms with E-state index in [9.17, 15) is 9.90 Å². The number of ether oxygens (including phenoxy) is 1. The van der Waals surface area contributed by atoms with Crippen molar-refractivity contribution in [2.75, 3.05) is 6.61 Å². The molecule has 0 aliphatic heterocycles. The van der Waals surface area contributed by atoms with Gasteiger partial charge in [0.25, 0.3) is 0 Å². The first-order valence-corrected chi connectivity index (χ1v) is 11.0. The largest absolute Gasteiger partial charge is 0.481 e. The number of hydrogen-bond acceptors (Lipinski definition) is 5. The zero-order valence-corrected chi connectivity index (χ0v) is 14.5. The molecule has 0 aliphatic carbocycles. The molecule has 8 heteroatoms. The summed E-state index contributed by atoms with van der Waals surface area (Å²) in [6.45, 7) is 11.6. The van der Waals surface area contributed by atoms with Crippen LogP contribution in [0, 0.1) is 11.8 Å². The molecule has 1 aromatic rings. The molecule has 1 heterocycles. The van der Waals surface area contributed by atoms with Gasteiger partial charge in [-0.1, -0.05) is 33.5 Å². The lowest BCUT2D eigenvalue weighted by atomic mass is 9.92. The Bertz CT molecular complexity index is 457. The molecule has 0 saturated carbocycles. The molecule has 0 aromatic carbocycles. The maximum absolute atomic E-state index is 11.2. The van der Waals surface area contributed by atoms with E-state index in [0.29, 0.717) is 18.9 Å². The number of nitrogens with zero attached hydrogens (tertiary/aromatic N) is 4. The summed E-state index contributed by atoms with van der Waals surface area (Å²) in [4.78, 5) is 11.2. The fourth-order valence-electron chi connectivity index (χ4n) is 1.80. The van der Waals surface area contributed by atoms with Crippen LogP contribution in [0.25, 0.3) is 0 Å². The fourth-order valence-corrected chi connectivity index (χ4v) is 2.56. The lowest BCUT2D eigenvalue weighted by molar-refractivity contribution is -0.143. The van der Waals surface area contributed by atoms with Crippen molar-refractivity contribution in [3.63, 3.8) is 0 Å². The summed E-state index contributed by atoms with van der Waals surface area (Å²) in [5.41, 5.74) is 0. The van der Waals surface area contributed by atoms with E-state index in [1.54, 1.807) is 4.68 Å². The molecule has 0 aliphatic rings. The van der Waals surface area contributed by atoms with E-state index < -0.39 is 20.0 Å². The van der Waals surface area contributed by atoms with Crippen LogP contribution in [0.1, 0.15) is 19.7 Å². The molecule has 21 heavy (non-hydrogen) atoms. The predicted molar refractivity (Wildman–Crippen MR) is 81.6 cm³/mol. The van der Waals surface area contributed by atoms with E-state index in [0.717, 1.165) is 6.04 Å². The van der Waals surface area contributed by atoms with Crippen molar-refractivity contribution in [1.82, 2.24) is 20.2 Å². The molecule has 1 aromatic heterocycles. The molecule has 0 fully saturated rings. The van der Waals surface area contributed by atoms with E-state index in [1.165, 1.54) is 0 Å². The second kappa shape index (κ2) is 7.65. The third-order valence-corrected chi connectivity index (χ3v) is 5.04. The van der Waals surface area contributed by atoms with Gasteiger partial charge in [0.05, 0.1) is 5.92 Å². The number of rotatable bonds is 9. The number of tetrazole rings is 1. The van der Waals surface area contributed by atoms with Gasteiger partial charge in [-0.15, -0.1) is 5.10 Å². The highest BCUT2D eigenvalue weighted by Gasteiger charge is 2.24. The molecule has 0 amide bonds. The normalized spacial score (nSPS) is 13.6. The van der Waals surface area contributed by atoms with Gasteiger partial charge in [0.2, 0.25) is 0 Å². The van der Waals surface area contributed by atoms with Gasteiger partial charge >= 0.3 is 5.97 Å². The fraction of sp³-hybridized carbons (Fsp3) is 0.846. The minimum atomic E-state index is -1.11. The molecule has 120 valence electrons. The maximum atomic E-state index is 11.2. The van der Waals surface area contributed by atoms with Crippen molar-refractivity contribution in [1.29, 1.82) is 0 Å². The molecule has 0 unspecified atom stereocenters. The summed E-state index contributed by atoms with van der Waals surface area (Å²) in [5.74, 6) is -0.722. The lowest BCUT2D eigenvalue weighted by Crippen LogP contribution is -2.25. The molecular formula is C13H26N4O3Si. The van der Waals surface area contributed by atoms with Gasteiger partial charge in [0.1, 0.15) is 6.73 Å². The lowest BCUT2D eigenvalue weighted by Gasteiger charge is -2.17. The SMILES string of the molecule is CC(C)[C@@H](Cc1nnnn1COCC[Si](C)(C)C)C(=O)O. The van der Waals surface area contributed by atoms with Crippen LogP contribution in [0.3, 0.4) is 0 Å². The summed E-state index contributed by atoms with van der Waals surface area (Å²) in [6.07, 6.45) is 0.317. The summed E-state index contributed by atoms with van der Waals surface area (Å²) in [5, 5.41) is 20.6. The van der Waals surface area contributed by atoms with Gasteiger partial charge in [-0.2, -0.15) is 0 Å².